The Morgan fingerprint density at radius 3 is 0.758 bits per heavy atom. The molecule has 4 amide bonds. The summed E-state index contributed by atoms with van der Waals surface area (Å²) in [4.78, 5) is 143. The summed E-state index contributed by atoms with van der Waals surface area (Å²) in [7, 11) is 0. The van der Waals surface area contributed by atoms with Crippen molar-refractivity contribution in [2.75, 3.05) is 0 Å². The molecule has 0 spiro atoms. The molecule has 0 heterocycles. The van der Waals surface area contributed by atoms with Gasteiger partial charge in [-0.25, -0.2) is 19.2 Å². The minimum absolute atomic E-state index is 0.227. The van der Waals surface area contributed by atoms with Gasteiger partial charge in [0, 0.05) is 22.3 Å². The number of aliphatic carboxylic acids is 8. The van der Waals surface area contributed by atoms with Crippen molar-refractivity contribution < 1.29 is 108 Å². The van der Waals surface area contributed by atoms with Gasteiger partial charge >= 0.3 is 47.8 Å². The van der Waals surface area contributed by atoms with Crippen LogP contribution in [0.2, 0.25) is 0 Å². The van der Waals surface area contributed by atoms with Gasteiger partial charge in [0.05, 0.1) is 25.7 Å². The molecule has 0 bridgehead atoms. The predicted octanol–water partition coefficient (Wildman–Crippen LogP) is -0.525. The fourth-order valence-electron chi connectivity index (χ4n) is 5.42. The number of carboxylic acid groups (broad SMARTS) is 8. The number of nitrogens with one attached hydrogen (secondary N) is 4. The lowest BCUT2D eigenvalue weighted by molar-refractivity contribution is -0.145. The minimum Gasteiger partial charge on any atom is -0.489 e. The van der Waals surface area contributed by atoms with Gasteiger partial charge < -0.3 is 71.6 Å². The smallest absolute Gasteiger partial charge is 0.326 e. The molecular weight excluding hydrogens is 888 g/mol. The zero-order chi connectivity index (χ0) is 49.4. The van der Waals surface area contributed by atoms with E-state index in [-0.39, 0.29) is 24.7 Å². The minimum atomic E-state index is -1.92. The number of rotatable bonds is 26. The van der Waals surface area contributed by atoms with Crippen LogP contribution in [0.15, 0.2) is 60.7 Å². The molecule has 0 aliphatic rings. The third kappa shape index (κ3) is 16.3. The maximum Gasteiger partial charge on any atom is 0.326 e. The van der Waals surface area contributed by atoms with E-state index in [0.29, 0.717) is 11.1 Å². The molecule has 3 rings (SSSR count). The van der Waals surface area contributed by atoms with Crippen LogP contribution in [-0.2, 0) is 51.6 Å². The number of amides is 4. The van der Waals surface area contributed by atoms with Gasteiger partial charge in [-0.3, -0.25) is 38.4 Å². The van der Waals surface area contributed by atoms with Crippen LogP contribution in [0.4, 0.5) is 0 Å². The molecule has 66 heavy (non-hydrogen) atoms. The van der Waals surface area contributed by atoms with Gasteiger partial charge in [0.15, 0.2) is 0 Å². The fraction of sp³-hybridized carbons (Fsp3) is 0.250. The van der Waals surface area contributed by atoms with E-state index in [4.69, 9.17) is 29.9 Å². The lowest BCUT2D eigenvalue weighted by atomic mass is 10.1. The van der Waals surface area contributed by atoms with E-state index in [9.17, 15) is 78.0 Å². The van der Waals surface area contributed by atoms with Crippen molar-refractivity contribution >= 4 is 71.4 Å². The second kappa shape index (κ2) is 23.4. The summed E-state index contributed by atoms with van der Waals surface area (Å²) in [6, 6.07) is 4.31. The van der Waals surface area contributed by atoms with Gasteiger partial charge in [0.25, 0.3) is 23.6 Å². The normalized spacial score (nSPS) is 12.4. The van der Waals surface area contributed by atoms with Crippen molar-refractivity contribution in [3.63, 3.8) is 0 Å². The first-order valence-corrected chi connectivity index (χ1v) is 18.6. The standard InChI is InChI=1S/C40H38N4O22/c45-29(46)11-25(37(57)58)41-33(53)19-5-20(34(54)42-26(38(59)60)12-30(47)48)8-23(7-19)65-15-17-1-2-18(4-3-17)16-66-24-9-21(35(55)43-27(39(61)62)13-31(49)50)6-22(10-24)36(56)44-28(40(63)64)14-32(51)52/h1-10,25-28H,11-16H2,(H,41,53)(H,42,54)(H,43,55)(H,44,56)(H,45,46)(H,47,48)(H,49,50)(H,51,52)(H,57,58)(H,59,60)(H,61,62)(H,63,64)/t25-,26-,27-,28-/m0/s1. The summed E-state index contributed by atoms with van der Waals surface area (Å²) in [5, 5.41) is 81.7. The van der Waals surface area contributed by atoms with Crippen molar-refractivity contribution in [3.05, 3.63) is 94.0 Å². The molecule has 0 fully saturated rings. The molecule has 26 nitrogen and oxygen atoms in total. The number of ether oxygens (including phenoxy) is 2. The maximum atomic E-state index is 13.1. The highest BCUT2D eigenvalue weighted by Crippen LogP contribution is 2.22. The fourth-order valence-corrected chi connectivity index (χ4v) is 5.42. The highest BCUT2D eigenvalue weighted by Gasteiger charge is 2.29. The van der Waals surface area contributed by atoms with Crippen LogP contribution in [0.5, 0.6) is 11.5 Å². The number of carbonyl (C=O) groups is 12. The Morgan fingerprint density at radius 1 is 0.364 bits per heavy atom. The highest BCUT2D eigenvalue weighted by atomic mass is 16.5. The van der Waals surface area contributed by atoms with E-state index in [0.717, 1.165) is 36.4 Å². The van der Waals surface area contributed by atoms with Crippen molar-refractivity contribution in [2.45, 2.75) is 63.1 Å². The van der Waals surface area contributed by atoms with Crippen LogP contribution in [0.25, 0.3) is 0 Å². The number of carbonyl (C=O) groups excluding carboxylic acids is 4. The molecule has 26 heteroatoms. The molecule has 0 radical (unpaired) electrons. The third-order valence-electron chi connectivity index (χ3n) is 8.62. The lowest BCUT2D eigenvalue weighted by Gasteiger charge is -2.16. The number of benzene rings is 3. The quantitative estimate of drug-likeness (QED) is 0.0482. The molecule has 0 unspecified atom stereocenters. The average molecular weight is 927 g/mol. The zero-order valence-corrected chi connectivity index (χ0v) is 33.6. The Bertz CT molecular complexity index is 2130. The Kier molecular flexibility index (Phi) is 18.2. The summed E-state index contributed by atoms with van der Waals surface area (Å²) in [5.74, 6) is -18.3. The van der Waals surface area contributed by atoms with Crippen molar-refractivity contribution in [1.29, 1.82) is 0 Å². The molecule has 0 aliphatic heterocycles. The molecule has 0 aromatic heterocycles. The van der Waals surface area contributed by atoms with Crippen LogP contribution in [0, 0.1) is 0 Å². The first-order valence-electron chi connectivity index (χ1n) is 18.6. The van der Waals surface area contributed by atoms with Gasteiger partial charge in [0.2, 0.25) is 0 Å². The average Bonchev–Trinajstić information content (AvgIpc) is 3.23. The van der Waals surface area contributed by atoms with E-state index in [1.54, 1.807) is 0 Å². The monoisotopic (exact) mass is 926 g/mol. The maximum absolute atomic E-state index is 13.1. The van der Waals surface area contributed by atoms with Gasteiger partial charge in [-0.15, -0.1) is 0 Å². The summed E-state index contributed by atoms with van der Waals surface area (Å²) < 4.78 is 11.5. The van der Waals surface area contributed by atoms with Crippen LogP contribution in [0.3, 0.4) is 0 Å². The second-order valence-corrected chi connectivity index (χ2v) is 13.7. The topological polar surface area (TPSA) is 433 Å². The zero-order valence-electron chi connectivity index (χ0n) is 33.6. The summed E-state index contributed by atoms with van der Waals surface area (Å²) in [6.07, 6.45) is -4.11. The molecule has 3 aromatic rings. The predicted molar refractivity (Wildman–Crippen MR) is 213 cm³/mol. The summed E-state index contributed by atoms with van der Waals surface area (Å²) in [5.41, 5.74) is -0.950. The van der Waals surface area contributed by atoms with Gasteiger partial charge in [-0.1, -0.05) is 24.3 Å². The first kappa shape index (κ1) is 51.3. The largest absolute Gasteiger partial charge is 0.489 e. The summed E-state index contributed by atoms with van der Waals surface area (Å²) in [6.45, 7) is -0.594. The van der Waals surface area contributed by atoms with E-state index in [1.165, 1.54) is 24.3 Å². The van der Waals surface area contributed by atoms with E-state index in [2.05, 4.69) is 0 Å². The molecule has 12 N–H and O–H groups in total. The van der Waals surface area contributed by atoms with Crippen LogP contribution in [0.1, 0.15) is 78.2 Å². The SMILES string of the molecule is O=C(O)C[C@H](NC(=O)c1cc(OCc2ccc(COc3cc(C(=O)N[C@@H](CC(=O)O)C(=O)O)cc(C(=O)N[C@@H](CC(=O)O)C(=O)O)c3)cc2)cc(C(=O)N[C@@H](CC(=O)O)C(=O)O)c1)C(=O)O. The molecule has 0 saturated heterocycles. The lowest BCUT2D eigenvalue weighted by Crippen LogP contribution is -2.43. The first-order chi connectivity index (χ1) is 30.9. The van der Waals surface area contributed by atoms with Gasteiger partial charge in [0.1, 0.15) is 48.9 Å². The van der Waals surface area contributed by atoms with Crippen LogP contribution in [-0.4, -0.2) is 136 Å². The second-order valence-electron chi connectivity index (χ2n) is 13.7. The van der Waals surface area contributed by atoms with E-state index in [1.807, 2.05) is 21.3 Å². The van der Waals surface area contributed by atoms with Crippen molar-refractivity contribution in [3.8, 4) is 11.5 Å². The Morgan fingerprint density at radius 2 is 0.576 bits per heavy atom. The molecule has 0 aliphatic carbocycles. The van der Waals surface area contributed by atoms with Gasteiger partial charge in [-0.2, -0.15) is 0 Å². The van der Waals surface area contributed by atoms with Crippen molar-refractivity contribution in [1.82, 2.24) is 21.3 Å². The Labute approximate surface area is 368 Å². The highest BCUT2D eigenvalue weighted by molar-refractivity contribution is 6.04. The molecule has 4 atom stereocenters. The Balaban J connectivity index is 1.89. The van der Waals surface area contributed by atoms with Gasteiger partial charge in [-0.05, 0) is 47.5 Å². The molecule has 350 valence electrons. The third-order valence-corrected chi connectivity index (χ3v) is 8.62. The Hall–Kier alpha value is -9.10. The number of hydrogen-bond acceptors (Lipinski definition) is 14. The van der Waals surface area contributed by atoms with E-state index < -0.39 is 143 Å². The number of carboxylic acids is 8. The molecule has 0 saturated carbocycles. The van der Waals surface area contributed by atoms with Crippen LogP contribution < -0.4 is 30.7 Å². The molecule has 3 aromatic carbocycles. The van der Waals surface area contributed by atoms with Crippen molar-refractivity contribution in [2.24, 2.45) is 0 Å². The summed E-state index contributed by atoms with van der Waals surface area (Å²) >= 11 is 0. The van der Waals surface area contributed by atoms with E-state index >= 15 is 0 Å². The molecular formula is C40H38N4O22. The van der Waals surface area contributed by atoms with Crippen LogP contribution >= 0.6 is 0 Å². The number of hydrogen-bond donors (Lipinski definition) is 12.